The Morgan fingerprint density at radius 2 is 2.23 bits per heavy atom. The topological polar surface area (TPSA) is 41.5 Å². The van der Waals surface area contributed by atoms with Crippen LogP contribution in [-0.2, 0) is 4.74 Å². The van der Waals surface area contributed by atoms with Gasteiger partial charge >= 0.3 is 0 Å². The number of hydrogen-bond donors (Lipinski definition) is 2. The van der Waals surface area contributed by atoms with Crippen LogP contribution in [0.15, 0.2) is 0 Å². The van der Waals surface area contributed by atoms with E-state index in [0.717, 1.165) is 19.6 Å². The Labute approximate surface area is 80.5 Å². The summed E-state index contributed by atoms with van der Waals surface area (Å²) in [5, 5.41) is 12.3. The summed E-state index contributed by atoms with van der Waals surface area (Å²) in [5.41, 5.74) is 0.491. The predicted octanol–water partition coefficient (Wildman–Crippen LogP) is 0.773. The molecular weight excluding hydrogens is 166 g/mol. The minimum absolute atomic E-state index is 0.238. The fourth-order valence-electron chi connectivity index (χ4n) is 1.56. The summed E-state index contributed by atoms with van der Waals surface area (Å²) >= 11 is 0. The highest BCUT2D eigenvalue weighted by Crippen LogP contribution is 2.48. The van der Waals surface area contributed by atoms with Gasteiger partial charge in [0.2, 0.25) is 0 Å². The van der Waals surface area contributed by atoms with Gasteiger partial charge in [-0.2, -0.15) is 0 Å². The molecule has 0 amide bonds. The second kappa shape index (κ2) is 4.94. The summed E-state index contributed by atoms with van der Waals surface area (Å²) in [7, 11) is 1.75. The smallest absolute Gasteiger partial charge is 0.0636 e. The third kappa shape index (κ3) is 4.07. The van der Waals surface area contributed by atoms with Crippen LogP contribution < -0.4 is 5.32 Å². The van der Waals surface area contributed by atoms with Gasteiger partial charge in [-0.15, -0.1) is 0 Å². The Kier molecular flexibility index (Phi) is 4.16. The third-order valence-corrected chi connectivity index (χ3v) is 2.73. The maximum absolute atomic E-state index is 9.06. The van der Waals surface area contributed by atoms with Gasteiger partial charge in [0.1, 0.15) is 0 Å². The quantitative estimate of drug-likeness (QED) is 0.618. The van der Waals surface area contributed by atoms with Gasteiger partial charge < -0.3 is 15.2 Å². The Morgan fingerprint density at radius 1 is 1.54 bits per heavy atom. The first-order valence-corrected chi connectivity index (χ1v) is 5.06. The van der Waals surface area contributed by atoms with Crippen LogP contribution in [0.25, 0.3) is 0 Å². The Balaban J connectivity index is 2.05. The van der Waals surface area contributed by atoms with E-state index in [2.05, 4.69) is 5.32 Å². The van der Waals surface area contributed by atoms with E-state index in [4.69, 9.17) is 9.84 Å². The molecule has 1 aliphatic carbocycles. The Hall–Kier alpha value is -0.120. The second-order valence-electron chi connectivity index (χ2n) is 4.22. The Morgan fingerprint density at radius 3 is 2.69 bits per heavy atom. The van der Waals surface area contributed by atoms with Crippen LogP contribution in [0.5, 0.6) is 0 Å². The van der Waals surface area contributed by atoms with Crippen LogP contribution in [0.4, 0.5) is 0 Å². The van der Waals surface area contributed by atoms with Crippen molar-refractivity contribution in [1.82, 2.24) is 5.32 Å². The van der Waals surface area contributed by atoms with E-state index in [-0.39, 0.29) is 6.10 Å². The van der Waals surface area contributed by atoms with Gasteiger partial charge in [-0.1, -0.05) is 0 Å². The molecule has 1 atom stereocenters. The number of aliphatic hydroxyl groups is 1. The lowest BCUT2D eigenvalue weighted by Crippen LogP contribution is -2.30. The highest BCUT2D eigenvalue weighted by Gasteiger charge is 2.41. The molecule has 3 heteroatoms. The number of rotatable bonds is 7. The summed E-state index contributed by atoms with van der Waals surface area (Å²) in [6.45, 7) is 4.40. The van der Waals surface area contributed by atoms with Gasteiger partial charge in [-0.25, -0.2) is 0 Å². The van der Waals surface area contributed by atoms with Crippen molar-refractivity contribution < 1.29 is 9.84 Å². The first-order chi connectivity index (χ1) is 6.18. The van der Waals surface area contributed by atoms with Gasteiger partial charge in [0.15, 0.2) is 0 Å². The van der Waals surface area contributed by atoms with Crippen molar-refractivity contribution in [3.05, 3.63) is 0 Å². The zero-order chi connectivity index (χ0) is 9.73. The molecule has 0 bridgehead atoms. The first kappa shape index (κ1) is 11.0. The summed E-state index contributed by atoms with van der Waals surface area (Å²) in [6.07, 6.45) is 3.53. The number of methoxy groups -OCH3 is 1. The van der Waals surface area contributed by atoms with Crippen molar-refractivity contribution in [2.75, 3.05) is 26.8 Å². The molecule has 1 aliphatic rings. The molecule has 13 heavy (non-hydrogen) atoms. The van der Waals surface area contributed by atoms with Gasteiger partial charge in [0.05, 0.1) is 6.10 Å². The largest absolute Gasteiger partial charge is 0.392 e. The molecule has 78 valence electrons. The lowest BCUT2D eigenvalue weighted by molar-refractivity contribution is 0.164. The van der Waals surface area contributed by atoms with Crippen molar-refractivity contribution in [3.63, 3.8) is 0 Å². The first-order valence-electron chi connectivity index (χ1n) is 5.06. The van der Waals surface area contributed by atoms with E-state index in [1.165, 1.54) is 12.8 Å². The number of aliphatic hydroxyl groups excluding tert-OH is 1. The lowest BCUT2D eigenvalue weighted by Gasteiger charge is -2.16. The zero-order valence-electron chi connectivity index (χ0n) is 8.68. The van der Waals surface area contributed by atoms with Crippen LogP contribution in [-0.4, -0.2) is 38.0 Å². The van der Waals surface area contributed by atoms with E-state index in [1.807, 2.05) is 6.92 Å². The van der Waals surface area contributed by atoms with E-state index >= 15 is 0 Å². The van der Waals surface area contributed by atoms with Crippen LogP contribution in [0.2, 0.25) is 0 Å². The SMILES string of the molecule is COCCC1(CNC[C@@H](C)O)CC1. The van der Waals surface area contributed by atoms with Gasteiger partial charge in [0, 0.05) is 26.8 Å². The van der Waals surface area contributed by atoms with Gasteiger partial charge in [0.25, 0.3) is 0 Å². The normalized spacial score (nSPS) is 21.5. The van der Waals surface area contributed by atoms with E-state index in [1.54, 1.807) is 7.11 Å². The van der Waals surface area contributed by atoms with E-state index < -0.39 is 0 Å². The standard InChI is InChI=1S/C10H21NO2/c1-9(12)7-11-8-10(3-4-10)5-6-13-2/h9,11-12H,3-8H2,1-2H3/t9-/m1/s1. The van der Waals surface area contributed by atoms with Crippen LogP contribution >= 0.6 is 0 Å². The molecule has 3 nitrogen and oxygen atoms in total. The molecular formula is C10H21NO2. The van der Waals surface area contributed by atoms with Crippen molar-refractivity contribution in [2.24, 2.45) is 5.41 Å². The van der Waals surface area contributed by atoms with Crippen molar-refractivity contribution >= 4 is 0 Å². The molecule has 0 aliphatic heterocycles. The van der Waals surface area contributed by atoms with E-state index in [0.29, 0.717) is 12.0 Å². The molecule has 2 N–H and O–H groups in total. The Bertz CT molecular complexity index is 144. The highest BCUT2D eigenvalue weighted by molar-refractivity contribution is 4.94. The summed E-state index contributed by atoms with van der Waals surface area (Å²) in [4.78, 5) is 0. The maximum Gasteiger partial charge on any atom is 0.0636 e. The molecule has 1 saturated carbocycles. The molecule has 0 radical (unpaired) electrons. The molecule has 0 saturated heterocycles. The molecule has 0 spiro atoms. The van der Waals surface area contributed by atoms with Crippen molar-refractivity contribution in [3.8, 4) is 0 Å². The minimum atomic E-state index is -0.238. The highest BCUT2D eigenvalue weighted by atomic mass is 16.5. The summed E-state index contributed by atoms with van der Waals surface area (Å²) < 4.78 is 5.07. The molecule has 1 fully saturated rings. The minimum Gasteiger partial charge on any atom is -0.392 e. The van der Waals surface area contributed by atoms with Crippen molar-refractivity contribution in [1.29, 1.82) is 0 Å². The monoisotopic (exact) mass is 187 g/mol. The molecule has 1 rings (SSSR count). The number of ether oxygens (including phenoxy) is 1. The summed E-state index contributed by atoms with van der Waals surface area (Å²) in [5.74, 6) is 0. The van der Waals surface area contributed by atoms with Crippen molar-refractivity contribution in [2.45, 2.75) is 32.3 Å². The number of nitrogens with one attached hydrogen (secondary N) is 1. The van der Waals surface area contributed by atoms with Crippen LogP contribution in [0.1, 0.15) is 26.2 Å². The molecule has 0 aromatic heterocycles. The average Bonchev–Trinajstić information content (AvgIpc) is 2.82. The predicted molar refractivity (Wildman–Crippen MR) is 52.7 cm³/mol. The third-order valence-electron chi connectivity index (χ3n) is 2.73. The fourth-order valence-corrected chi connectivity index (χ4v) is 1.56. The lowest BCUT2D eigenvalue weighted by atomic mass is 10.0. The maximum atomic E-state index is 9.06. The molecule has 0 unspecified atom stereocenters. The van der Waals surface area contributed by atoms with Gasteiger partial charge in [-0.3, -0.25) is 0 Å². The summed E-state index contributed by atoms with van der Waals surface area (Å²) in [6, 6.07) is 0. The molecule has 0 heterocycles. The van der Waals surface area contributed by atoms with E-state index in [9.17, 15) is 0 Å². The van der Waals surface area contributed by atoms with Crippen LogP contribution in [0.3, 0.4) is 0 Å². The second-order valence-corrected chi connectivity index (χ2v) is 4.22. The van der Waals surface area contributed by atoms with Gasteiger partial charge in [-0.05, 0) is 31.6 Å². The molecule has 0 aromatic carbocycles. The van der Waals surface area contributed by atoms with Crippen LogP contribution in [0, 0.1) is 5.41 Å². The molecule has 0 aromatic rings. The fraction of sp³-hybridized carbons (Fsp3) is 1.00. The zero-order valence-corrected chi connectivity index (χ0v) is 8.68. The average molecular weight is 187 g/mol. The number of hydrogen-bond acceptors (Lipinski definition) is 3.